The van der Waals surface area contributed by atoms with Crippen LogP contribution in [-0.4, -0.2) is 30.3 Å². The second-order valence-corrected chi connectivity index (χ2v) is 1.74. The normalized spacial score (nSPS) is 12.8. The Labute approximate surface area is 53.6 Å². The van der Waals surface area contributed by atoms with Crippen LogP contribution in [0.4, 0.5) is 0 Å². The molecule has 54 valence electrons. The van der Waals surface area contributed by atoms with Crippen LogP contribution in [0, 0.1) is 0 Å². The van der Waals surface area contributed by atoms with Crippen LogP contribution in [-0.2, 0) is 9.53 Å². The number of nitrogens with two attached hydrogens (primary N) is 1. The molecule has 0 fully saturated rings. The number of rotatable bonds is 3. The van der Waals surface area contributed by atoms with Gasteiger partial charge in [-0.25, -0.2) is 0 Å². The second-order valence-electron chi connectivity index (χ2n) is 1.74. The molecular weight excluding hydrogens is 122 g/mol. The van der Waals surface area contributed by atoms with E-state index < -0.39 is 12.1 Å². The van der Waals surface area contributed by atoms with Crippen molar-refractivity contribution in [3.05, 3.63) is 0 Å². The predicted octanol–water partition coefficient (Wildman–Crippen LogP) is -1.13. The first-order valence-electron chi connectivity index (χ1n) is 2.70. The van der Waals surface area contributed by atoms with E-state index in [0.29, 0.717) is 0 Å². The van der Waals surface area contributed by atoms with Gasteiger partial charge in [0.1, 0.15) is 6.61 Å². The highest BCUT2D eigenvalue weighted by Crippen LogP contribution is 1.81. The third-order valence-corrected chi connectivity index (χ3v) is 0.652. The number of ether oxygens (including phenoxy) is 1. The third kappa shape index (κ3) is 5.26. The molecule has 0 aromatic heterocycles. The molecule has 9 heavy (non-hydrogen) atoms. The van der Waals surface area contributed by atoms with Crippen LogP contribution in [0.15, 0.2) is 0 Å². The zero-order valence-corrected chi connectivity index (χ0v) is 5.33. The largest absolute Gasteiger partial charge is 0.462 e. The lowest BCUT2D eigenvalue weighted by atomic mass is 10.4. The highest BCUT2D eigenvalue weighted by molar-refractivity contribution is 5.71. The van der Waals surface area contributed by atoms with E-state index in [2.05, 4.69) is 4.74 Å². The van der Waals surface area contributed by atoms with Crippen molar-refractivity contribution < 1.29 is 14.6 Å². The van der Waals surface area contributed by atoms with Crippen LogP contribution in [0.3, 0.4) is 0 Å². The number of carbonyl (C=O) groups excluding carboxylic acids is 1. The minimum absolute atomic E-state index is 0.0238. The van der Waals surface area contributed by atoms with E-state index in [1.54, 1.807) is 0 Å². The zero-order valence-electron chi connectivity index (χ0n) is 5.33. The van der Waals surface area contributed by atoms with Crippen LogP contribution in [0.1, 0.15) is 6.92 Å². The number of hydrogen-bond donors (Lipinski definition) is 2. The van der Waals surface area contributed by atoms with Gasteiger partial charge in [-0.2, -0.15) is 0 Å². The van der Waals surface area contributed by atoms with Crippen molar-refractivity contribution in [2.75, 3.05) is 13.2 Å². The Bertz CT molecular complexity index is 92.2. The van der Waals surface area contributed by atoms with Gasteiger partial charge in [-0.05, 0) is 6.92 Å². The maximum Gasteiger partial charge on any atom is 0.319 e. The molecule has 0 aromatic carbocycles. The SMILES string of the molecule is CC(O)COC(=O)CN. The molecule has 4 heteroatoms. The van der Waals surface area contributed by atoms with Gasteiger partial charge in [0.15, 0.2) is 0 Å². The molecule has 1 unspecified atom stereocenters. The Morgan fingerprint density at radius 1 is 1.89 bits per heavy atom. The lowest BCUT2D eigenvalue weighted by Crippen LogP contribution is -2.21. The lowest BCUT2D eigenvalue weighted by molar-refractivity contribution is -0.144. The minimum Gasteiger partial charge on any atom is -0.462 e. The summed E-state index contributed by atoms with van der Waals surface area (Å²) in [6.45, 7) is 1.42. The topological polar surface area (TPSA) is 72.5 Å². The third-order valence-electron chi connectivity index (χ3n) is 0.652. The average Bonchev–Trinajstić information content (AvgIpc) is 1.83. The first-order valence-corrected chi connectivity index (χ1v) is 2.70. The van der Waals surface area contributed by atoms with Crippen molar-refractivity contribution in [3.8, 4) is 0 Å². The van der Waals surface area contributed by atoms with Crippen molar-refractivity contribution in [1.82, 2.24) is 0 Å². The summed E-state index contributed by atoms with van der Waals surface area (Å²) in [7, 11) is 0. The molecule has 0 bridgehead atoms. The summed E-state index contributed by atoms with van der Waals surface area (Å²) in [5.74, 6) is -0.490. The molecule has 0 heterocycles. The van der Waals surface area contributed by atoms with Gasteiger partial charge in [0.25, 0.3) is 0 Å². The Morgan fingerprint density at radius 3 is 2.78 bits per heavy atom. The fourth-order valence-electron chi connectivity index (χ4n) is 0.272. The molecule has 1 atom stereocenters. The van der Waals surface area contributed by atoms with Crippen molar-refractivity contribution in [2.24, 2.45) is 5.73 Å². The molecule has 0 aliphatic heterocycles. The number of carbonyl (C=O) groups is 1. The van der Waals surface area contributed by atoms with Crippen LogP contribution in [0.25, 0.3) is 0 Å². The van der Waals surface area contributed by atoms with Crippen molar-refractivity contribution in [2.45, 2.75) is 13.0 Å². The zero-order chi connectivity index (χ0) is 7.28. The molecule has 0 rings (SSSR count). The molecule has 0 aliphatic carbocycles. The molecule has 4 nitrogen and oxygen atoms in total. The molecule has 0 amide bonds. The predicted molar refractivity (Wildman–Crippen MR) is 31.7 cm³/mol. The number of hydrogen-bond acceptors (Lipinski definition) is 4. The Balaban J connectivity index is 3.17. The standard InChI is InChI=1S/C5H11NO3/c1-4(7)3-9-5(8)2-6/h4,7H,2-3,6H2,1H3. The van der Waals surface area contributed by atoms with Crippen molar-refractivity contribution >= 4 is 5.97 Å². The number of aliphatic hydroxyl groups excluding tert-OH is 1. The highest BCUT2D eigenvalue weighted by atomic mass is 16.5. The van der Waals surface area contributed by atoms with Gasteiger partial charge in [-0.15, -0.1) is 0 Å². The highest BCUT2D eigenvalue weighted by Gasteiger charge is 2.00. The maximum absolute atomic E-state index is 10.3. The van der Waals surface area contributed by atoms with Gasteiger partial charge in [-0.1, -0.05) is 0 Å². The van der Waals surface area contributed by atoms with Gasteiger partial charge >= 0.3 is 5.97 Å². The van der Waals surface area contributed by atoms with Gasteiger partial charge in [0, 0.05) is 0 Å². The molecule has 0 radical (unpaired) electrons. The van der Waals surface area contributed by atoms with Gasteiger partial charge in [0.2, 0.25) is 0 Å². The van der Waals surface area contributed by atoms with Crippen LogP contribution in [0.2, 0.25) is 0 Å². The van der Waals surface area contributed by atoms with E-state index in [1.807, 2.05) is 0 Å². The van der Waals surface area contributed by atoms with E-state index in [4.69, 9.17) is 10.8 Å². The molecule has 0 spiro atoms. The Hall–Kier alpha value is -0.610. The van der Waals surface area contributed by atoms with E-state index in [1.165, 1.54) is 6.92 Å². The quantitative estimate of drug-likeness (QED) is 0.478. The molecule has 0 saturated carbocycles. The summed E-state index contributed by atoms with van der Waals surface area (Å²) in [4.78, 5) is 10.3. The summed E-state index contributed by atoms with van der Waals surface area (Å²) in [6.07, 6.45) is -0.611. The van der Waals surface area contributed by atoms with E-state index in [9.17, 15) is 4.79 Å². The van der Waals surface area contributed by atoms with Gasteiger partial charge < -0.3 is 15.6 Å². The lowest BCUT2D eigenvalue weighted by Gasteiger charge is -2.03. The van der Waals surface area contributed by atoms with Crippen LogP contribution < -0.4 is 5.73 Å². The fourth-order valence-corrected chi connectivity index (χ4v) is 0.272. The summed E-state index contributed by atoms with van der Waals surface area (Å²) in [6, 6.07) is 0. The molecule has 0 aliphatic rings. The molecule has 3 N–H and O–H groups in total. The fraction of sp³-hybridized carbons (Fsp3) is 0.800. The first kappa shape index (κ1) is 8.39. The summed E-state index contributed by atoms with van der Waals surface area (Å²) >= 11 is 0. The van der Waals surface area contributed by atoms with E-state index >= 15 is 0 Å². The second kappa shape index (κ2) is 4.29. The number of aliphatic hydroxyl groups is 1. The van der Waals surface area contributed by atoms with Crippen molar-refractivity contribution in [1.29, 1.82) is 0 Å². The maximum atomic E-state index is 10.3. The average molecular weight is 133 g/mol. The molecule has 0 aromatic rings. The van der Waals surface area contributed by atoms with Crippen LogP contribution >= 0.6 is 0 Å². The summed E-state index contributed by atoms with van der Waals surface area (Å²) < 4.78 is 4.44. The smallest absolute Gasteiger partial charge is 0.319 e. The van der Waals surface area contributed by atoms with E-state index in [-0.39, 0.29) is 13.2 Å². The minimum atomic E-state index is -0.611. The molecular formula is C5H11NO3. The first-order chi connectivity index (χ1) is 4.16. The van der Waals surface area contributed by atoms with Crippen molar-refractivity contribution in [3.63, 3.8) is 0 Å². The van der Waals surface area contributed by atoms with E-state index in [0.717, 1.165) is 0 Å². The monoisotopic (exact) mass is 133 g/mol. The number of esters is 1. The van der Waals surface area contributed by atoms with Gasteiger partial charge in [0.05, 0.1) is 12.6 Å². The summed E-state index contributed by atoms with van der Waals surface area (Å²) in [5, 5.41) is 8.58. The Morgan fingerprint density at radius 2 is 2.44 bits per heavy atom. The molecule has 0 saturated heterocycles. The van der Waals surface area contributed by atoms with Crippen LogP contribution in [0.5, 0.6) is 0 Å². The summed E-state index contributed by atoms with van der Waals surface area (Å²) in [5.41, 5.74) is 4.90. The van der Waals surface area contributed by atoms with Gasteiger partial charge in [-0.3, -0.25) is 4.79 Å². The Kier molecular flexibility index (Phi) is 4.00.